The van der Waals surface area contributed by atoms with E-state index in [1.165, 1.54) is 16.0 Å². The zero-order valence-corrected chi connectivity index (χ0v) is 19.0. The fourth-order valence-corrected chi connectivity index (χ4v) is 4.81. The number of amides is 1. The molecule has 0 saturated carbocycles. The van der Waals surface area contributed by atoms with E-state index in [-0.39, 0.29) is 11.8 Å². The molecule has 1 heterocycles. The number of likely N-dealkylation sites (tertiary alicyclic amines) is 1. The Morgan fingerprint density at radius 2 is 1.55 bits per heavy atom. The number of thioether (sulfide) groups is 1. The monoisotopic (exact) mass is 450 g/mol. The molecule has 1 N–H and O–H groups in total. The van der Waals surface area contributed by atoms with Crippen molar-refractivity contribution in [2.75, 3.05) is 18.4 Å². The average Bonchev–Trinajstić information content (AvgIpc) is 2.81. The summed E-state index contributed by atoms with van der Waals surface area (Å²) in [5, 5.41) is 3.87. The number of anilines is 1. The van der Waals surface area contributed by atoms with Crippen LogP contribution in [-0.4, -0.2) is 23.9 Å². The summed E-state index contributed by atoms with van der Waals surface area (Å²) in [5.41, 5.74) is 3.39. The molecule has 1 aliphatic heterocycles. The van der Waals surface area contributed by atoms with Crippen LogP contribution in [0, 0.1) is 5.92 Å². The molecule has 0 aliphatic carbocycles. The van der Waals surface area contributed by atoms with Crippen LogP contribution in [0.4, 0.5) is 5.69 Å². The Hall–Kier alpha value is -2.27. The van der Waals surface area contributed by atoms with Crippen LogP contribution >= 0.6 is 23.4 Å². The lowest BCUT2D eigenvalue weighted by atomic mass is 9.95. The number of carbonyl (C=O) groups excluding carboxylic acids is 1. The van der Waals surface area contributed by atoms with Gasteiger partial charge >= 0.3 is 0 Å². The van der Waals surface area contributed by atoms with E-state index in [9.17, 15) is 4.79 Å². The molecule has 3 aromatic carbocycles. The highest BCUT2D eigenvalue weighted by molar-refractivity contribution is 7.98. The van der Waals surface area contributed by atoms with Gasteiger partial charge in [0, 0.05) is 33.8 Å². The lowest BCUT2D eigenvalue weighted by molar-refractivity contribution is -0.121. The number of nitrogens with one attached hydrogen (secondary N) is 1. The number of nitrogens with zero attached hydrogens (tertiary/aromatic N) is 1. The van der Waals surface area contributed by atoms with Gasteiger partial charge in [-0.15, -0.1) is 11.8 Å². The molecule has 0 spiro atoms. The summed E-state index contributed by atoms with van der Waals surface area (Å²) in [4.78, 5) is 16.4. The molecule has 0 radical (unpaired) electrons. The van der Waals surface area contributed by atoms with Crippen LogP contribution in [0.25, 0.3) is 0 Å². The van der Waals surface area contributed by atoms with Gasteiger partial charge in [0.2, 0.25) is 5.91 Å². The Morgan fingerprint density at radius 3 is 2.23 bits per heavy atom. The van der Waals surface area contributed by atoms with Crippen molar-refractivity contribution in [3.05, 3.63) is 95.0 Å². The molecule has 0 unspecified atom stereocenters. The normalized spacial score (nSPS) is 15.0. The Bertz CT molecular complexity index is 969. The van der Waals surface area contributed by atoms with Gasteiger partial charge in [-0.25, -0.2) is 0 Å². The van der Waals surface area contributed by atoms with Crippen molar-refractivity contribution in [3.63, 3.8) is 0 Å². The van der Waals surface area contributed by atoms with Crippen LogP contribution in [0.1, 0.15) is 24.0 Å². The average molecular weight is 451 g/mol. The van der Waals surface area contributed by atoms with Crippen molar-refractivity contribution in [2.45, 2.75) is 30.0 Å². The number of rotatable bonds is 7. The second-order valence-corrected chi connectivity index (χ2v) is 9.45. The SMILES string of the molecule is O=C(Nc1ccc(CSc2ccccc2)cc1)C1CCN(Cc2ccc(Cl)cc2)CC1. The first kappa shape index (κ1) is 21.9. The third-order valence-corrected chi connectivity index (χ3v) is 6.98. The van der Waals surface area contributed by atoms with Crippen molar-refractivity contribution in [2.24, 2.45) is 5.92 Å². The zero-order chi connectivity index (χ0) is 21.5. The van der Waals surface area contributed by atoms with Crippen molar-refractivity contribution >= 4 is 35.0 Å². The summed E-state index contributed by atoms with van der Waals surface area (Å²) in [7, 11) is 0. The molecule has 31 heavy (non-hydrogen) atoms. The molecule has 5 heteroatoms. The van der Waals surface area contributed by atoms with E-state index in [0.717, 1.165) is 48.9 Å². The molecule has 160 valence electrons. The number of benzene rings is 3. The Morgan fingerprint density at radius 1 is 0.903 bits per heavy atom. The molecule has 0 atom stereocenters. The number of hydrogen-bond acceptors (Lipinski definition) is 3. The zero-order valence-electron chi connectivity index (χ0n) is 17.5. The van der Waals surface area contributed by atoms with Crippen LogP contribution in [0.15, 0.2) is 83.8 Å². The minimum atomic E-state index is 0.0785. The minimum Gasteiger partial charge on any atom is -0.326 e. The van der Waals surface area contributed by atoms with Crippen LogP contribution < -0.4 is 5.32 Å². The predicted molar refractivity (Wildman–Crippen MR) is 131 cm³/mol. The van der Waals surface area contributed by atoms with Crippen LogP contribution in [0.2, 0.25) is 5.02 Å². The van der Waals surface area contributed by atoms with Gasteiger partial charge in [-0.3, -0.25) is 9.69 Å². The molecule has 1 amide bonds. The van der Waals surface area contributed by atoms with Crippen molar-refractivity contribution in [3.8, 4) is 0 Å². The number of hydrogen-bond donors (Lipinski definition) is 1. The summed E-state index contributed by atoms with van der Waals surface area (Å²) in [6.45, 7) is 2.79. The first-order valence-corrected chi connectivity index (χ1v) is 12.1. The summed E-state index contributed by atoms with van der Waals surface area (Å²) in [6, 6.07) is 26.6. The first-order chi connectivity index (χ1) is 15.2. The van der Waals surface area contributed by atoms with Crippen LogP contribution in [0.3, 0.4) is 0 Å². The molecular weight excluding hydrogens is 424 g/mol. The van der Waals surface area contributed by atoms with E-state index < -0.39 is 0 Å². The highest BCUT2D eigenvalue weighted by Gasteiger charge is 2.25. The topological polar surface area (TPSA) is 32.3 Å². The van der Waals surface area contributed by atoms with Gasteiger partial charge in [-0.05, 0) is 73.5 Å². The molecule has 1 saturated heterocycles. The Kier molecular flexibility index (Phi) is 7.68. The van der Waals surface area contributed by atoms with Crippen molar-refractivity contribution < 1.29 is 4.79 Å². The van der Waals surface area contributed by atoms with Crippen molar-refractivity contribution in [1.29, 1.82) is 0 Å². The lowest BCUT2D eigenvalue weighted by Crippen LogP contribution is -2.37. The third-order valence-electron chi connectivity index (χ3n) is 5.65. The van der Waals surface area contributed by atoms with Gasteiger partial charge in [0.15, 0.2) is 0 Å². The standard InChI is InChI=1S/C26H27ClN2OS/c27-23-10-6-20(7-11-23)18-29-16-14-22(15-17-29)26(30)28-24-12-8-21(9-13-24)19-31-25-4-2-1-3-5-25/h1-13,22H,14-19H2,(H,28,30). The summed E-state index contributed by atoms with van der Waals surface area (Å²) < 4.78 is 0. The fourth-order valence-electron chi connectivity index (χ4n) is 3.81. The van der Waals surface area contributed by atoms with Gasteiger partial charge in [-0.1, -0.05) is 54.1 Å². The van der Waals surface area contributed by atoms with E-state index >= 15 is 0 Å². The van der Waals surface area contributed by atoms with E-state index in [2.05, 4.69) is 58.7 Å². The molecule has 1 fully saturated rings. The quantitative estimate of drug-likeness (QED) is 0.418. The summed E-state index contributed by atoms with van der Waals surface area (Å²) in [6.07, 6.45) is 1.79. The maximum Gasteiger partial charge on any atom is 0.227 e. The predicted octanol–water partition coefficient (Wildman–Crippen LogP) is 6.48. The highest BCUT2D eigenvalue weighted by atomic mass is 35.5. The molecule has 0 bridgehead atoms. The van der Waals surface area contributed by atoms with Gasteiger partial charge in [0.05, 0.1) is 0 Å². The largest absolute Gasteiger partial charge is 0.326 e. The number of halogens is 1. The number of piperidine rings is 1. The smallest absolute Gasteiger partial charge is 0.227 e. The second-order valence-electron chi connectivity index (χ2n) is 7.96. The van der Waals surface area contributed by atoms with Gasteiger partial charge in [0.25, 0.3) is 0 Å². The van der Waals surface area contributed by atoms with Gasteiger partial charge in [0.1, 0.15) is 0 Å². The molecular formula is C26H27ClN2OS. The molecule has 0 aromatic heterocycles. The lowest BCUT2D eigenvalue weighted by Gasteiger charge is -2.31. The van der Waals surface area contributed by atoms with Crippen LogP contribution in [0.5, 0.6) is 0 Å². The fraction of sp³-hybridized carbons (Fsp3) is 0.269. The maximum atomic E-state index is 12.7. The summed E-state index contributed by atoms with van der Waals surface area (Å²) >= 11 is 7.78. The molecule has 4 rings (SSSR count). The van der Waals surface area contributed by atoms with E-state index in [1.807, 2.05) is 42.1 Å². The number of carbonyl (C=O) groups is 1. The third kappa shape index (κ3) is 6.60. The van der Waals surface area contributed by atoms with Gasteiger partial charge in [-0.2, -0.15) is 0 Å². The highest BCUT2D eigenvalue weighted by Crippen LogP contribution is 2.24. The Balaban J connectivity index is 1.22. The van der Waals surface area contributed by atoms with E-state index in [0.29, 0.717) is 0 Å². The van der Waals surface area contributed by atoms with Crippen molar-refractivity contribution in [1.82, 2.24) is 4.90 Å². The molecule has 1 aliphatic rings. The molecule has 3 nitrogen and oxygen atoms in total. The minimum absolute atomic E-state index is 0.0785. The maximum absolute atomic E-state index is 12.7. The first-order valence-electron chi connectivity index (χ1n) is 10.7. The summed E-state index contributed by atoms with van der Waals surface area (Å²) in [5.74, 6) is 1.14. The molecule has 3 aromatic rings. The van der Waals surface area contributed by atoms with Gasteiger partial charge < -0.3 is 5.32 Å². The van der Waals surface area contributed by atoms with E-state index in [4.69, 9.17) is 11.6 Å². The van der Waals surface area contributed by atoms with Crippen LogP contribution in [-0.2, 0) is 17.1 Å². The second kappa shape index (κ2) is 10.9. The Labute approximate surface area is 193 Å². The van der Waals surface area contributed by atoms with E-state index in [1.54, 1.807) is 0 Å².